The predicted octanol–water partition coefficient (Wildman–Crippen LogP) is 2.50. The molecule has 1 heterocycles. The summed E-state index contributed by atoms with van der Waals surface area (Å²) in [5.41, 5.74) is 1.92. The summed E-state index contributed by atoms with van der Waals surface area (Å²) in [5, 5.41) is 9.44. The Hall–Kier alpha value is -1.13. The van der Waals surface area contributed by atoms with Crippen LogP contribution in [-0.2, 0) is 11.2 Å². The Morgan fingerprint density at radius 2 is 2.25 bits per heavy atom. The lowest BCUT2D eigenvalue weighted by atomic mass is 10.0. The van der Waals surface area contributed by atoms with Gasteiger partial charge in [0.2, 0.25) is 0 Å². The fourth-order valence-electron chi connectivity index (χ4n) is 1.82. The minimum Gasteiger partial charge on any atom is -0.480 e. The Bertz CT molecular complexity index is 461. The van der Waals surface area contributed by atoms with E-state index in [-0.39, 0.29) is 6.54 Å². The number of carbonyl (C=O) groups is 1. The van der Waals surface area contributed by atoms with E-state index in [1.807, 2.05) is 12.1 Å². The van der Waals surface area contributed by atoms with Crippen LogP contribution in [0.3, 0.4) is 0 Å². The van der Waals surface area contributed by atoms with Crippen LogP contribution in [0.1, 0.15) is 12.0 Å². The Balaban J connectivity index is 2.42. The van der Waals surface area contributed by atoms with Crippen molar-refractivity contribution in [2.75, 3.05) is 11.4 Å². The number of hydrogen-bond donors (Lipinski definition) is 1. The first kappa shape index (κ1) is 11.4. The third-order valence-corrected chi connectivity index (χ3v) is 3.20. The van der Waals surface area contributed by atoms with Crippen LogP contribution in [0.15, 0.2) is 18.2 Å². The first-order valence-electron chi connectivity index (χ1n) is 4.88. The molecule has 0 atom stereocenters. The molecule has 0 unspecified atom stereocenters. The number of thiocarbonyl (C=S) groups is 1. The quantitative estimate of drug-likeness (QED) is 0.825. The van der Waals surface area contributed by atoms with Crippen LogP contribution in [0.4, 0.5) is 5.69 Å². The van der Waals surface area contributed by atoms with Crippen LogP contribution >= 0.6 is 23.8 Å². The maximum absolute atomic E-state index is 10.8. The van der Waals surface area contributed by atoms with Crippen LogP contribution < -0.4 is 4.90 Å². The van der Waals surface area contributed by atoms with Gasteiger partial charge in [0.15, 0.2) is 0 Å². The predicted molar refractivity (Wildman–Crippen MR) is 67.4 cm³/mol. The highest BCUT2D eigenvalue weighted by Crippen LogP contribution is 2.30. The number of rotatable bonds is 2. The summed E-state index contributed by atoms with van der Waals surface area (Å²) >= 11 is 11.1. The maximum Gasteiger partial charge on any atom is 0.323 e. The van der Waals surface area contributed by atoms with Gasteiger partial charge in [0.25, 0.3) is 0 Å². The average Bonchev–Trinajstić information content (AvgIpc) is 2.22. The van der Waals surface area contributed by atoms with Crippen molar-refractivity contribution < 1.29 is 9.90 Å². The molecule has 1 aromatic rings. The van der Waals surface area contributed by atoms with E-state index < -0.39 is 5.97 Å². The maximum atomic E-state index is 10.8. The van der Waals surface area contributed by atoms with E-state index in [2.05, 4.69) is 0 Å². The summed E-state index contributed by atoms with van der Waals surface area (Å²) in [6.07, 6.45) is 1.57. The fourth-order valence-corrected chi connectivity index (χ4v) is 2.25. The number of carboxylic acid groups (broad SMARTS) is 1. The molecule has 2 rings (SSSR count). The lowest BCUT2D eigenvalue weighted by molar-refractivity contribution is -0.135. The number of carboxylic acids is 1. The highest BCUT2D eigenvalue weighted by atomic mass is 35.5. The van der Waals surface area contributed by atoms with Crippen LogP contribution in [0.5, 0.6) is 0 Å². The zero-order chi connectivity index (χ0) is 11.7. The van der Waals surface area contributed by atoms with Gasteiger partial charge in [0.1, 0.15) is 6.54 Å². The zero-order valence-corrected chi connectivity index (χ0v) is 10.0. The zero-order valence-electron chi connectivity index (χ0n) is 8.44. The molecule has 5 heteroatoms. The standard InChI is InChI=1S/C11H10ClNO2S/c12-8-3-1-7-2-4-10(16)13(6-11(14)15)9(7)5-8/h1,3,5H,2,4,6H2,(H,14,15). The Morgan fingerprint density at radius 1 is 1.50 bits per heavy atom. The van der Waals surface area contributed by atoms with Crippen molar-refractivity contribution in [3.8, 4) is 0 Å². The Kier molecular flexibility index (Phi) is 3.12. The van der Waals surface area contributed by atoms with Gasteiger partial charge in [-0.2, -0.15) is 0 Å². The molecular formula is C11H10ClNO2S. The van der Waals surface area contributed by atoms with E-state index >= 15 is 0 Å². The van der Waals surface area contributed by atoms with E-state index in [4.69, 9.17) is 28.9 Å². The van der Waals surface area contributed by atoms with Gasteiger partial charge in [-0.05, 0) is 24.1 Å². The molecule has 84 valence electrons. The lowest BCUT2D eigenvalue weighted by Gasteiger charge is -2.30. The van der Waals surface area contributed by atoms with E-state index in [1.54, 1.807) is 11.0 Å². The number of fused-ring (bicyclic) bond motifs is 1. The second-order valence-corrected chi connectivity index (χ2v) is 4.55. The summed E-state index contributed by atoms with van der Waals surface area (Å²) in [6.45, 7) is -0.105. The molecule has 0 aliphatic carbocycles. The van der Waals surface area contributed by atoms with E-state index in [9.17, 15) is 4.79 Å². The van der Waals surface area contributed by atoms with Gasteiger partial charge in [0.05, 0.1) is 4.99 Å². The van der Waals surface area contributed by atoms with Crippen molar-refractivity contribution in [3.63, 3.8) is 0 Å². The molecule has 0 spiro atoms. The molecule has 16 heavy (non-hydrogen) atoms. The number of anilines is 1. The van der Waals surface area contributed by atoms with Crippen molar-refractivity contribution in [1.29, 1.82) is 0 Å². The molecule has 0 saturated carbocycles. The van der Waals surface area contributed by atoms with Gasteiger partial charge in [-0.1, -0.05) is 29.9 Å². The van der Waals surface area contributed by atoms with Crippen LogP contribution in [0.2, 0.25) is 5.02 Å². The first-order valence-corrected chi connectivity index (χ1v) is 5.67. The highest BCUT2D eigenvalue weighted by Gasteiger charge is 2.23. The fraction of sp³-hybridized carbons (Fsp3) is 0.273. The molecule has 1 aliphatic rings. The van der Waals surface area contributed by atoms with Crippen LogP contribution in [0.25, 0.3) is 0 Å². The average molecular weight is 256 g/mol. The van der Waals surface area contributed by atoms with Crippen molar-refractivity contribution in [2.45, 2.75) is 12.8 Å². The first-order chi connectivity index (χ1) is 7.58. The van der Waals surface area contributed by atoms with Crippen LogP contribution in [-0.4, -0.2) is 22.6 Å². The summed E-state index contributed by atoms with van der Waals surface area (Å²) in [7, 11) is 0. The van der Waals surface area contributed by atoms with E-state index in [1.165, 1.54) is 0 Å². The summed E-state index contributed by atoms with van der Waals surface area (Å²) < 4.78 is 0. The molecule has 0 amide bonds. The third kappa shape index (κ3) is 2.18. The number of benzene rings is 1. The summed E-state index contributed by atoms with van der Waals surface area (Å²) in [5.74, 6) is -0.893. The van der Waals surface area contributed by atoms with Crippen molar-refractivity contribution in [1.82, 2.24) is 0 Å². The molecule has 1 N–H and O–H groups in total. The molecule has 3 nitrogen and oxygen atoms in total. The molecule has 1 aromatic carbocycles. The molecule has 0 bridgehead atoms. The van der Waals surface area contributed by atoms with Gasteiger partial charge < -0.3 is 10.0 Å². The van der Waals surface area contributed by atoms with Gasteiger partial charge in [-0.3, -0.25) is 4.79 Å². The second-order valence-electron chi connectivity index (χ2n) is 3.65. The van der Waals surface area contributed by atoms with Gasteiger partial charge in [-0.15, -0.1) is 0 Å². The smallest absolute Gasteiger partial charge is 0.323 e. The van der Waals surface area contributed by atoms with Crippen molar-refractivity contribution >= 4 is 40.5 Å². The van der Waals surface area contributed by atoms with Gasteiger partial charge in [-0.25, -0.2) is 0 Å². The Morgan fingerprint density at radius 3 is 2.94 bits per heavy atom. The summed E-state index contributed by atoms with van der Waals surface area (Å²) in [6, 6.07) is 5.51. The largest absolute Gasteiger partial charge is 0.480 e. The number of aryl methyl sites for hydroxylation is 1. The molecular weight excluding hydrogens is 246 g/mol. The second kappa shape index (κ2) is 4.39. The van der Waals surface area contributed by atoms with E-state index in [0.29, 0.717) is 10.0 Å². The molecule has 0 aromatic heterocycles. The van der Waals surface area contributed by atoms with Crippen molar-refractivity contribution in [3.05, 3.63) is 28.8 Å². The lowest BCUT2D eigenvalue weighted by Crippen LogP contribution is -2.37. The molecule has 1 aliphatic heterocycles. The number of halogens is 1. The number of aliphatic carboxylic acids is 1. The molecule has 0 fully saturated rings. The van der Waals surface area contributed by atoms with Gasteiger partial charge >= 0.3 is 5.97 Å². The number of nitrogens with zero attached hydrogens (tertiary/aromatic N) is 1. The highest BCUT2D eigenvalue weighted by molar-refractivity contribution is 7.80. The van der Waals surface area contributed by atoms with Crippen LogP contribution in [0, 0.1) is 0 Å². The minimum absolute atomic E-state index is 0.105. The third-order valence-electron chi connectivity index (χ3n) is 2.54. The molecule has 0 radical (unpaired) electrons. The minimum atomic E-state index is -0.893. The van der Waals surface area contributed by atoms with Gasteiger partial charge in [0, 0.05) is 17.1 Å². The molecule has 0 saturated heterocycles. The van der Waals surface area contributed by atoms with Crippen molar-refractivity contribution in [2.24, 2.45) is 0 Å². The number of hydrogen-bond acceptors (Lipinski definition) is 2. The summed E-state index contributed by atoms with van der Waals surface area (Å²) in [4.78, 5) is 13.1. The monoisotopic (exact) mass is 255 g/mol. The van der Waals surface area contributed by atoms with E-state index in [0.717, 1.165) is 24.1 Å². The topological polar surface area (TPSA) is 40.5 Å². The SMILES string of the molecule is O=C(O)CN1C(=S)CCc2ccc(Cl)cc21. The normalized spacial score (nSPS) is 14.8. The Labute approximate surface area is 104 Å².